The highest BCUT2D eigenvalue weighted by atomic mass is 16.1. The van der Waals surface area contributed by atoms with Gasteiger partial charge in [0.1, 0.15) is 0 Å². The van der Waals surface area contributed by atoms with Crippen molar-refractivity contribution in [3.63, 3.8) is 0 Å². The molecule has 1 aliphatic carbocycles. The van der Waals surface area contributed by atoms with Crippen LogP contribution in [0.2, 0.25) is 0 Å². The molecule has 0 radical (unpaired) electrons. The van der Waals surface area contributed by atoms with Crippen molar-refractivity contribution in [1.82, 2.24) is 0 Å². The van der Waals surface area contributed by atoms with Gasteiger partial charge in [-0.1, -0.05) is 56.8 Å². The van der Waals surface area contributed by atoms with Crippen molar-refractivity contribution >= 4 is 5.78 Å². The van der Waals surface area contributed by atoms with Gasteiger partial charge in [-0.3, -0.25) is 4.79 Å². The fraction of sp³-hybridized carbons (Fsp3) is 0.211. The fourth-order valence-corrected chi connectivity index (χ4v) is 3.09. The van der Waals surface area contributed by atoms with Crippen LogP contribution in [0, 0.1) is 0 Å². The summed E-state index contributed by atoms with van der Waals surface area (Å²) in [6.07, 6.45) is 0. The Bertz CT molecular complexity index is 735. The van der Waals surface area contributed by atoms with Gasteiger partial charge < -0.3 is 0 Å². The van der Waals surface area contributed by atoms with Crippen LogP contribution in [0.1, 0.15) is 42.3 Å². The first-order chi connectivity index (χ1) is 9.43. The van der Waals surface area contributed by atoms with Crippen molar-refractivity contribution in [2.24, 2.45) is 0 Å². The Morgan fingerprint density at radius 1 is 1.00 bits per heavy atom. The Kier molecular flexibility index (Phi) is 2.68. The van der Waals surface area contributed by atoms with Crippen LogP contribution in [-0.4, -0.2) is 5.78 Å². The van der Waals surface area contributed by atoms with E-state index in [0.29, 0.717) is 5.57 Å². The minimum absolute atomic E-state index is 0.0274. The molecule has 0 heterocycles. The molecule has 0 saturated heterocycles. The number of allylic oxidation sites excluding steroid dienone is 1. The van der Waals surface area contributed by atoms with Gasteiger partial charge in [0.15, 0.2) is 5.78 Å². The summed E-state index contributed by atoms with van der Waals surface area (Å²) in [5.41, 5.74) is 6.33. The van der Waals surface area contributed by atoms with E-state index in [9.17, 15) is 4.79 Å². The summed E-state index contributed by atoms with van der Waals surface area (Å²) in [6.45, 7) is 9.94. The highest BCUT2D eigenvalue weighted by molar-refractivity contribution is 6.08. The van der Waals surface area contributed by atoms with E-state index in [-0.39, 0.29) is 11.2 Å². The standard InChI is InChI=1S/C19H18O/c1-12(2)18(20)13-9-10-15-14-7-5-6-8-16(14)19(3,4)17(15)11-13/h5-11H,1H2,2-4H3. The van der Waals surface area contributed by atoms with Gasteiger partial charge in [0.25, 0.3) is 0 Å². The van der Waals surface area contributed by atoms with Crippen molar-refractivity contribution in [2.75, 3.05) is 0 Å². The van der Waals surface area contributed by atoms with Crippen LogP contribution in [0.4, 0.5) is 0 Å². The highest BCUT2D eigenvalue weighted by Crippen LogP contribution is 2.48. The Labute approximate surface area is 120 Å². The zero-order valence-electron chi connectivity index (χ0n) is 12.2. The van der Waals surface area contributed by atoms with Gasteiger partial charge in [-0.25, -0.2) is 0 Å². The van der Waals surface area contributed by atoms with E-state index in [1.807, 2.05) is 12.1 Å². The molecule has 0 unspecified atom stereocenters. The van der Waals surface area contributed by atoms with Gasteiger partial charge >= 0.3 is 0 Å². The molecule has 0 bridgehead atoms. The van der Waals surface area contributed by atoms with E-state index >= 15 is 0 Å². The van der Waals surface area contributed by atoms with E-state index in [0.717, 1.165) is 5.56 Å². The number of Topliss-reactive ketones (excluding diaryl/α,β-unsaturated/α-hetero) is 1. The Balaban J connectivity index is 2.23. The van der Waals surface area contributed by atoms with Gasteiger partial charge in [-0.2, -0.15) is 0 Å². The first-order valence-corrected chi connectivity index (χ1v) is 6.87. The van der Waals surface area contributed by atoms with Gasteiger partial charge in [0.05, 0.1) is 0 Å². The molecule has 0 N–H and O–H groups in total. The smallest absolute Gasteiger partial charge is 0.188 e. The van der Waals surface area contributed by atoms with Crippen LogP contribution in [0.15, 0.2) is 54.6 Å². The maximum atomic E-state index is 12.1. The van der Waals surface area contributed by atoms with Crippen molar-refractivity contribution in [1.29, 1.82) is 0 Å². The van der Waals surface area contributed by atoms with Gasteiger partial charge in [0, 0.05) is 11.0 Å². The first kappa shape index (κ1) is 12.9. The molecular formula is C19H18O. The van der Waals surface area contributed by atoms with E-state index in [4.69, 9.17) is 0 Å². The van der Waals surface area contributed by atoms with E-state index in [2.05, 4.69) is 50.8 Å². The van der Waals surface area contributed by atoms with Crippen LogP contribution in [0.3, 0.4) is 0 Å². The summed E-state index contributed by atoms with van der Waals surface area (Å²) in [7, 11) is 0. The Morgan fingerprint density at radius 2 is 1.65 bits per heavy atom. The predicted octanol–water partition coefficient (Wildman–Crippen LogP) is 4.75. The maximum absolute atomic E-state index is 12.1. The zero-order chi connectivity index (χ0) is 14.5. The summed E-state index contributed by atoms with van der Waals surface area (Å²) in [4.78, 5) is 12.1. The molecule has 0 amide bonds. The number of hydrogen-bond donors (Lipinski definition) is 0. The fourth-order valence-electron chi connectivity index (χ4n) is 3.09. The molecule has 0 aliphatic heterocycles. The quantitative estimate of drug-likeness (QED) is 0.563. The minimum atomic E-state index is -0.0582. The van der Waals surface area contributed by atoms with Crippen LogP contribution < -0.4 is 0 Å². The lowest BCUT2D eigenvalue weighted by Crippen LogP contribution is -2.15. The average Bonchev–Trinajstić information content (AvgIpc) is 2.67. The first-order valence-electron chi connectivity index (χ1n) is 6.87. The minimum Gasteiger partial charge on any atom is -0.289 e. The number of fused-ring (bicyclic) bond motifs is 3. The summed E-state index contributed by atoms with van der Waals surface area (Å²) >= 11 is 0. The summed E-state index contributed by atoms with van der Waals surface area (Å²) in [5.74, 6) is 0.0274. The largest absolute Gasteiger partial charge is 0.289 e. The third-order valence-corrected chi connectivity index (χ3v) is 4.23. The number of rotatable bonds is 2. The molecular weight excluding hydrogens is 244 g/mol. The molecule has 0 atom stereocenters. The number of ketones is 1. The van der Waals surface area contributed by atoms with Gasteiger partial charge in [-0.15, -0.1) is 0 Å². The Morgan fingerprint density at radius 3 is 2.35 bits per heavy atom. The van der Waals surface area contributed by atoms with Crippen molar-refractivity contribution in [3.05, 3.63) is 71.3 Å². The lowest BCUT2D eigenvalue weighted by molar-refractivity contribution is 0.103. The van der Waals surface area contributed by atoms with Crippen LogP contribution in [-0.2, 0) is 5.41 Å². The van der Waals surface area contributed by atoms with Crippen molar-refractivity contribution in [3.8, 4) is 11.1 Å². The molecule has 0 spiro atoms. The number of carbonyl (C=O) groups is 1. The second-order valence-electron chi connectivity index (χ2n) is 6.04. The summed E-state index contributed by atoms with van der Waals surface area (Å²) < 4.78 is 0. The summed E-state index contributed by atoms with van der Waals surface area (Å²) in [6, 6.07) is 14.5. The number of carbonyl (C=O) groups excluding carboxylic acids is 1. The molecule has 1 nitrogen and oxygen atoms in total. The summed E-state index contributed by atoms with van der Waals surface area (Å²) in [5, 5.41) is 0. The third-order valence-electron chi connectivity index (χ3n) is 4.23. The average molecular weight is 262 g/mol. The molecule has 0 fully saturated rings. The molecule has 0 aromatic heterocycles. The van der Waals surface area contributed by atoms with Crippen LogP contribution in [0.5, 0.6) is 0 Å². The third kappa shape index (κ3) is 1.66. The lowest BCUT2D eigenvalue weighted by Gasteiger charge is -2.21. The van der Waals surface area contributed by atoms with Gasteiger partial charge in [-0.05, 0) is 40.8 Å². The maximum Gasteiger partial charge on any atom is 0.188 e. The molecule has 1 heteroatoms. The lowest BCUT2D eigenvalue weighted by atomic mass is 9.81. The molecule has 0 saturated carbocycles. The molecule has 3 rings (SSSR count). The monoisotopic (exact) mass is 262 g/mol. The molecule has 20 heavy (non-hydrogen) atoms. The SMILES string of the molecule is C=C(C)C(=O)c1ccc2c(c1)C(C)(C)c1ccccc1-2. The normalized spacial score (nSPS) is 14.6. The molecule has 1 aliphatic rings. The van der Waals surface area contributed by atoms with Crippen molar-refractivity contribution in [2.45, 2.75) is 26.2 Å². The molecule has 2 aromatic carbocycles. The van der Waals surface area contributed by atoms with Crippen molar-refractivity contribution < 1.29 is 4.79 Å². The topological polar surface area (TPSA) is 17.1 Å². The zero-order valence-corrected chi connectivity index (χ0v) is 12.2. The Hall–Kier alpha value is -2.15. The van der Waals surface area contributed by atoms with E-state index < -0.39 is 0 Å². The van der Waals surface area contributed by atoms with Gasteiger partial charge in [0.2, 0.25) is 0 Å². The number of hydrogen-bond acceptors (Lipinski definition) is 1. The highest BCUT2D eigenvalue weighted by Gasteiger charge is 2.35. The second-order valence-corrected chi connectivity index (χ2v) is 6.04. The van der Waals surface area contributed by atoms with Crippen LogP contribution >= 0.6 is 0 Å². The number of benzene rings is 2. The van der Waals surface area contributed by atoms with E-state index in [1.165, 1.54) is 22.3 Å². The second kappa shape index (κ2) is 4.17. The molecule has 100 valence electrons. The van der Waals surface area contributed by atoms with E-state index in [1.54, 1.807) is 6.92 Å². The molecule has 2 aromatic rings. The predicted molar refractivity (Wildman–Crippen MR) is 83.2 cm³/mol. The van der Waals surface area contributed by atoms with Crippen LogP contribution in [0.25, 0.3) is 11.1 Å².